The van der Waals surface area contributed by atoms with E-state index >= 15 is 0 Å². The highest BCUT2D eigenvalue weighted by atomic mass is 16.3. The summed E-state index contributed by atoms with van der Waals surface area (Å²) >= 11 is 0. The quantitative estimate of drug-likeness (QED) is 0.634. The number of likely N-dealkylation sites (tertiary alicyclic amines) is 1. The fourth-order valence-corrected chi connectivity index (χ4v) is 1.55. The van der Waals surface area contributed by atoms with Crippen LogP contribution in [-0.4, -0.2) is 23.3 Å². The highest BCUT2D eigenvalue weighted by Crippen LogP contribution is 2.14. The van der Waals surface area contributed by atoms with Crippen LogP contribution in [0.3, 0.4) is 0 Å². The van der Waals surface area contributed by atoms with E-state index in [1.54, 1.807) is 12.1 Å². The average Bonchev–Trinajstić information content (AvgIpc) is 2.70. The van der Waals surface area contributed by atoms with E-state index in [9.17, 15) is 9.59 Å². The van der Waals surface area contributed by atoms with Crippen LogP contribution in [0.2, 0.25) is 0 Å². The van der Waals surface area contributed by atoms with Crippen LogP contribution in [0.15, 0.2) is 22.8 Å². The van der Waals surface area contributed by atoms with Gasteiger partial charge in [-0.3, -0.25) is 14.5 Å². The van der Waals surface area contributed by atoms with Gasteiger partial charge >= 0.3 is 0 Å². The molecule has 2 rings (SSSR count). The van der Waals surface area contributed by atoms with Gasteiger partial charge in [0.1, 0.15) is 0 Å². The third-order valence-electron chi connectivity index (χ3n) is 2.30. The highest BCUT2D eigenvalue weighted by Gasteiger charge is 2.26. The number of piperidine rings is 1. The zero-order valence-electron chi connectivity index (χ0n) is 7.73. The molecule has 1 fully saturated rings. The number of nitrogens with zero attached hydrogens (tertiary/aromatic N) is 1. The Morgan fingerprint density at radius 1 is 1.43 bits per heavy atom. The van der Waals surface area contributed by atoms with Crippen molar-refractivity contribution in [2.75, 3.05) is 6.54 Å². The molecule has 2 amide bonds. The predicted octanol–water partition coefficient (Wildman–Crippen LogP) is 1.43. The number of carbonyl (C=O) groups is 2. The Balaban J connectivity index is 2.14. The minimum atomic E-state index is -0.320. The fourth-order valence-electron chi connectivity index (χ4n) is 1.55. The van der Waals surface area contributed by atoms with Gasteiger partial charge < -0.3 is 4.42 Å². The van der Waals surface area contributed by atoms with Gasteiger partial charge in [-0.1, -0.05) is 0 Å². The molecule has 1 aromatic heterocycles. The van der Waals surface area contributed by atoms with Gasteiger partial charge in [0.05, 0.1) is 6.26 Å². The Hall–Kier alpha value is -1.58. The van der Waals surface area contributed by atoms with Crippen molar-refractivity contribution in [1.82, 2.24) is 4.90 Å². The van der Waals surface area contributed by atoms with Crippen molar-refractivity contribution < 1.29 is 14.0 Å². The molecule has 0 spiro atoms. The molecular weight excluding hydrogens is 182 g/mol. The average molecular weight is 193 g/mol. The van der Waals surface area contributed by atoms with Crippen LogP contribution in [0.4, 0.5) is 0 Å². The van der Waals surface area contributed by atoms with Gasteiger partial charge in [-0.15, -0.1) is 0 Å². The molecule has 4 nitrogen and oxygen atoms in total. The van der Waals surface area contributed by atoms with E-state index in [2.05, 4.69) is 0 Å². The first-order chi connectivity index (χ1) is 6.79. The van der Waals surface area contributed by atoms with Crippen LogP contribution in [0, 0.1) is 0 Å². The second-order valence-electron chi connectivity index (χ2n) is 3.28. The van der Waals surface area contributed by atoms with E-state index in [-0.39, 0.29) is 17.6 Å². The molecule has 4 heteroatoms. The molecule has 1 aromatic rings. The van der Waals surface area contributed by atoms with Crippen LogP contribution >= 0.6 is 0 Å². The highest BCUT2D eigenvalue weighted by molar-refractivity contribution is 6.03. The SMILES string of the molecule is O=C1CCCCN1C(=O)c1ccco1. The molecule has 0 saturated carbocycles. The van der Waals surface area contributed by atoms with E-state index in [4.69, 9.17) is 4.42 Å². The van der Waals surface area contributed by atoms with E-state index in [1.807, 2.05) is 0 Å². The number of hydrogen-bond donors (Lipinski definition) is 0. The molecule has 14 heavy (non-hydrogen) atoms. The molecular formula is C10H11NO3. The standard InChI is InChI=1S/C10H11NO3/c12-9-5-1-2-6-11(9)10(13)8-4-3-7-14-8/h3-4,7H,1-2,5-6H2. The third kappa shape index (κ3) is 1.55. The summed E-state index contributed by atoms with van der Waals surface area (Å²) in [6.45, 7) is 0.512. The second kappa shape index (κ2) is 3.65. The van der Waals surface area contributed by atoms with Gasteiger partial charge in [-0.05, 0) is 25.0 Å². The number of rotatable bonds is 1. The normalized spacial score (nSPS) is 17.1. The predicted molar refractivity (Wildman–Crippen MR) is 48.6 cm³/mol. The molecule has 1 saturated heterocycles. The lowest BCUT2D eigenvalue weighted by Crippen LogP contribution is -2.40. The summed E-state index contributed by atoms with van der Waals surface area (Å²) in [5, 5.41) is 0. The van der Waals surface area contributed by atoms with Gasteiger partial charge in [0.15, 0.2) is 5.76 Å². The van der Waals surface area contributed by atoms with Gasteiger partial charge in [0.2, 0.25) is 5.91 Å². The van der Waals surface area contributed by atoms with Crippen molar-refractivity contribution in [2.24, 2.45) is 0 Å². The second-order valence-corrected chi connectivity index (χ2v) is 3.28. The smallest absolute Gasteiger partial charge is 0.296 e. The zero-order valence-corrected chi connectivity index (χ0v) is 7.73. The molecule has 0 atom stereocenters. The van der Waals surface area contributed by atoms with E-state index in [1.165, 1.54) is 11.2 Å². The third-order valence-corrected chi connectivity index (χ3v) is 2.30. The molecule has 0 radical (unpaired) electrons. The minimum absolute atomic E-state index is 0.0994. The Morgan fingerprint density at radius 3 is 2.93 bits per heavy atom. The molecule has 0 aliphatic carbocycles. The summed E-state index contributed by atoms with van der Waals surface area (Å²) in [6, 6.07) is 3.21. The maximum atomic E-state index is 11.7. The van der Waals surface area contributed by atoms with E-state index < -0.39 is 0 Å². The molecule has 0 aromatic carbocycles. The van der Waals surface area contributed by atoms with Gasteiger partial charge in [0.25, 0.3) is 5.91 Å². The summed E-state index contributed by atoms with van der Waals surface area (Å²) in [5.41, 5.74) is 0. The molecule has 1 aliphatic rings. The lowest BCUT2D eigenvalue weighted by molar-refractivity contribution is -0.130. The largest absolute Gasteiger partial charge is 0.459 e. The minimum Gasteiger partial charge on any atom is -0.459 e. The van der Waals surface area contributed by atoms with E-state index in [0.717, 1.165) is 12.8 Å². The summed E-state index contributed by atoms with van der Waals surface area (Å²) in [6.07, 6.45) is 3.66. The number of hydrogen-bond acceptors (Lipinski definition) is 3. The molecule has 2 heterocycles. The summed E-state index contributed by atoms with van der Waals surface area (Å²) in [5.74, 6) is -0.183. The van der Waals surface area contributed by atoms with E-state index in [0.29, 0.717) is 13.0 Å². The van der Waals surface area contributed by atoms with Crippen molar-refractivity contribution in [3.8, 4) is 0 Å². The first kappa shape index (κ1) is 8.99. The van der Waals surface area contributed by atoms with Crippen LogP contribution in [0.1, 0.15) is 29.8 Å². The maximum Gasteiger partial charge on any atom is 0.296 e. The fraction of sp³-hybridized carbons (Fsp3) is 0.400. The summed E-state index contributed by atoms with van der Waals surface area (Å²) in [7, 11) is 0. The van der Waals surface area contributed by atoms with Crippen molar-refractivity contribution in [3.05, 3.63) is 24.2 Å². The number of imide groups is 1. The first-order valence-corrected chi connectivity index (χ1v) is 4.67. The molecule has 74 valence electrons. The van der Waals surface area contributed by atoms with Crippen molar-refractivity contribution in [3.63, 3.8) is 0 Å². The Labute approximate surface area is 81.5 Å². The first-order valence-electron chi connectivity index (χ1n) is 4.67. The van der Waals surface area contributed by atoms with Crippen molar-refractivity contribution >= 4 is 11.8 Å². The summed E-state index contributed by atoms with van der Waals surface area (Å²) < 4.78 is 4.95. The molecule has 1 aliphatic heterocycles. The zero-order chi connectivity index (χ0) is 9.97. The monoisotopic (exact) mass is 193 g/mol. The van der Waals surface area contributed by atoms with Crippen molar-refractivity contribution in [1.29, 1.82) is 0 Å². The van der Waals surface area contributed by atoms with Gasteiger partial charge in [-0.2, -0.15) is 0 Å². The van der Waals surface area contributed by atoms with Crippen LogP contribution in [0.5, 0.6) is 0 Å². The Kier molecular flexibility index (Phi) is 2.35. The lowest BCUT2D eigenvalue weighted by Gasteiger charge is -2.23. The van der Waals surface area contributed by atoms with Gasteiger partial charge in [0, 0.05) is 13.0 Å². The maximum absolute atomic E-state index is 11.7. The topological polar surface area (TPSA) is 50.5 Å². The summed E-state index contributed by atoms with van der Waals surface area (Å²) in [4.78, 5) is 24.3. The number of amides is 2. The van der Waals surface area contributed by atoms with Gasteiger partial charge in [-0.25, -0.2) is 0 Å². The number of furan rings is 1. The molecule has 0 unspecified atom stereocenters. The van der Waals surface area contributed by atoms with Crippen LogP contribution in [-0.2, 0) is 4.79 Å². The lowest BCUT2D eigenvalue weighted by atomic mass is 10.1. The van der Waals surface area contributed by atoms with Crippen LogP contribution in [0.25, 0.3) is 0 Å². The van der Waals surface area contributed by atoms with Crippen molar-refractivity contribution in [2.45, 2.75) is 19.3 Å². The Bertz CT molecular complexity index is 342. The molecule has 0 bridgehead atoms. The molecule has 0 N–H and O–H groups in total. The number of carbonyl (C=O) groups excluding carboxylic acids is 2. The van der Waals surface area contributed by atoms with Crippen LogP contribution < -0.4 is 0 Å². The Morgan fingerprint density at radius 2 is 2.29 bits per heavy atom.